The molecular formula is C32H52O3. The average Bonchev–Trinajstić information content (AvgIpc) is 2.78. The van der Waals surface area contributed by atoms with E-state index >= 15 is 0 Å². The molecule has 0 bridgehead atoms. The molecule has 0 spiro atoms. The second-order valence-electron chi connectivity index (χ2n) is 15.1. The van der Waals surface area contributed by atoms with Crippen LogP contribution in [0.5, 0.6) is 0 Å². The molecule has 5 aliphatic rings. The van der Waals surface area contributed by atoms with Crippen molar-refractivity contribution in [3.05, 3.63) is 11.6 Å². The third kappa shape index (κ3) is 3.28. The van der Waals surface area contributed by atoms with Gasteiger partial charge in [-0.15, -0.1) is 0 Å². The number of fused-ring (bicyclic) bond motifs is 7. The topological polar surface area (TPSA) is 46.5 Å². The van der Waals surface area contributed by atoms with Crippen LogP contribution in [0.4, 0.5) is 0 Å². The molecule has 0 saturated heterocycles. The van der Waals surface area contributed by atoms with Gasteiger partial charge >= 0.3 is 5.97 Å². The lowest BCUT2D eigenvalue weighted by atomic mass is 9.33. The number of hydrogen-bond donors (Lipinski definition) is 1. The zero-order valence-corrected chi connectivity index (χ0v) is 23.9. The lowest BCUT2D eigenvalue weighted by molar-refractivity contribution is -0.213. The van der Waals surface area contributed by atoms with Crippen LogP contribution in [0.1, 0.15) is 113 Å². The fraction of sp³-hybridized carbons (Fsp3) is 0.906. The molecule has 0 heterocycles. The van der Waals surface area contributed by atoms with Gasteiger partial charge in [-0.25, -0.2) is 0 Å². The predicted octanol–water partition coefficient (Wildman–Crippen LogP) is 7.57. The normalized spacial score (nSPS) is 52.8. The summed E-state index contributed by atoms with van der Waals surface area (Å²) in [6.45, 7) is 19.5. The SMILES string of the molecule is CC(=O)O[C@H]1CC[C@@]2(C)[C@H](CC[C@]3(C)[C@@H]2CC=C2[C@@H]4[C@@H](C)[C@H](C)CC[C@]4(CO)CC[C@]23C)C1(C)C. The zero-order valence-electron chi connectivity index (χ0n) is 23.9. The molecule has 3 heteroatoms. The van der Waals surface area contributed by atoms with Gasteiger partial charge in [0.05, 0.1) is 0 Å². The fourth-order valence-electron chi connectivity index (χ4n) is 11.3. The van der Waals surface area contributed by atoms with E-state index < -0.39 is 0 Å². The van der Waals surface area contributed by atoms with Gasteiger partial charge in [-0.3, -0.25) is 4.79 Å². The minimum Gasteiger partial charge on any atom is -0.462 e. The maximum absolute atomic E-state index is 11.9. The fourth-order valence-corrected chi connectivity index (χ4v) is 11.3. The molecule has 0 aliphatic heterocycles. The monoisotopic (exact) mass is 484 g/mol. The number of hydrogen-bond acceptors (Lipinski definition) is 3. The van der Waals surface area contributed by atoms with Gasteiger partial charge in [0.2, 0.25) is 0 Å². The number of aliphatic hydroxyl groups excluding tert-OH is 1. The first-order valence-electron chi connectivity index (χ1n) is 14.8. The predicted molar refractivity (Wildman–Crippen MR) is 142 cm³/mol. The second-order valence-corrected chi connectivity index (χ2v) is 15.1. The van der Waals surface area contributed by atoms with E-state index in [0.717, 1.165) is 18.8 Å². The van der Waals surface area contributed by atoms with Gasteiger partial charge in [-0.2, -0.15) is 0 Å². The van der Waals surface area contributed by atoms with Crippen LogP contribution in [-0.4, -0.2) is 23.8 Å². The van der Waals surface area contributed by atoms with Gasteiger partial charge in [0.15, 0.2) is 0 Å². The number of aliphatic hydroxyl groups is 1. The lowest BCUT2D eigenvalue weighted by Gasteiger charge is -2.71. The first-order valence-corrected chi connectivity index (χ1v) is 14.8. The van der Waals surface area contributed by atoms with Gasteiger partial charge in [0.1, 0.15) is 6.10 Å². The van der Waals surface area contributed by atoms with Gasteiger partial charge in [-0.1, -0.05) is 60.1 Å². The molecule has 5 aliphatic carbocycles. The van der Waals surface area contributed by atoms with E-state index in [1.807, 2.05) is 0 Å². The summed E-state index contributed by atoms with van der Waals surface area (Å²) in [5.74, 6) is 3.03. The van der Waals surface area contributed by atoms with Crippen LogP contribution in [0.3, 0.4) is 0 Å². The lowest BCUT2D eigenvalue weighted by Crippen LogP contribution is -2.65. The largest absolute Gasteiger partial charge is 0.462 e. The van der Waals surface area contributed by atoms with Crippen molar-refractivity contribution in [1.29, 1.82) is 0 Å². The number of ether oxygens (including phenoxy) is 1. The summed E-state index contributed by atoms with van der Waals surface area (Å²) in [4.78, 5) is 11.9. The Hall–Kier alpha value is -0.830. The molecule has 0 aromatic heterocycles. The minimum atomic E-state index is -0.129. The van der Waals surface area contributed by atoms with E-state index in [4.69, 9.17) is 4.74 Å². The molecule has 35 heavy (non-hydrogen) atoms. The number of carbonyl (C=O) groups is 1. The van der Waals surface area contributed by atoms with Crippen molar-refractivity contribution in [3.8, 4) is 0 Å². The summed E-state index contributed by atoms with van der Waals surface area (Å²) >= 11 is 0. The van der Waals surface area contributed by atoms with Crippen molar-refractivity contribution >= 4 is 5.97 Å². The molecule has 1 N–H and O–H groups in total. The van der Waals surface area contributed by atoms with E-state index in [-0.39, 0.29) is 39.1 Å². The van der Waals surface area contributed by atoms with E-state index in [0.29, 0.717) is 30.3 Å². The van der Waals surface area contributed by atoms with E-state index in [2.05, 4.69) is 54.5 Å². The zero-order chi connectivity index (χ0) is 25.6. The summed E-state index contributed by atoms with van der Waals surface area (Å²) in [5, 5.41) is 10.7. The highest BCUT2D eigenvalue weighted by Gasteiger charge is 2.68. The Morgan fingerprint density at radius 3 is 2.34 bits per heavy atom. The molecule has 3 nitrogen and oxygen atoms in total. The first kappa shape index (κ1) is 25.8. The quantitative estimate of drug-likeness (QED) is 0.325. The van der Waals surface area contributed by atoms with Crippen LogP contribution < -0.4 is 0 Å². The van der Waals surface area contributed by atoms with Crippen molar-refractivity contribution in [3.63, 3.8) is 0 Å². The Balaban J connectivity index is 1.55. The Labute approximate surface area is 214 Å². The van der Waals surface area contributed by atoms with Crippen molar-refractivity contribution in [2.45, 2.75) is 119 Å². The number of allylic oxidation sites excluding steroid dienone is 2. The average molecular weight is 485 g/mol. The molecule has 10 atom stereocenters. The van der Waals surface area contributed by atoms with Crippen LogP contribution >= 0.6 is 0 Å². The third-order valence-corrected chi connectivity index (χ3v) is 13.7. The molecule has 198 valence electrons. The summed E-state index contributed by atoms with van der Waals surface area (Å²) in [7, 11) is 0. The molecule has 4 saturated carbocycles. The Kier molecular flexibility index (Phi) is 5.96. The van der Waals surface area contributed by atoms with Crippen LogP contribution in [0.15, 0.2) is 11.6 Å². The highest BCUT2D eigenvalue weighted by Crippen LogP contribution is 2.75. The van der Waals surface area contributed by atoms with Gasteiger partial charge in [-0.05, 0) is 104 Å². The van der Waals surface area contributed by atoms with Crippen LogP contribution in [0.25, 0.3) is 0 Å². The number of carbonyl (C=O) groups excluding carboxylic acids is 1. The van der Waals surface area contributed by atoms with Crippen molar-refractivity contribution < 1.29 is 14.6 Å². The first-order chi connectivity index (χ1) is 16.3. The van der Waals surface area contributed by atoms with Gasteiger partial charge < -0.3 is 9.84 Å². The molecule has 0 radical (unpaired) electrons. The highest BCUT2D eigenvalue weighted by atomic mass is 16.5. The number of esters is 1. The molecular weight excluding hydrogens is 432 g/mol. The standard InChI is InChI=1S/C32H52O3/c1-20-11-16-32(19-33)18-17-30(7)23(27(32)21(20)2)9-10-25-29(6)14-13-26(35-22(3)34)28(4,5)24(29)12-15-31(25,30)8/h9,20-21,24-27,33H,10-19H2,1-8H3/t20-,21+,24-,25-,26+,27+,29+,30-,31-,32-/m1/s1. The van der Waals surface area contributed by atoms with E-state index in [1.54, 1.807) is 12.5 Å². The van der Waals surface area contributed by atoms with E-state index in [1.165, 1.54) is 44.9 Å². The third-order valence-electron chi connectivity index (χ3n) is 13.7. The Bertz CT molecular complexity index is 904. The van der Waals surface area contributed by atoms with Crippen LogP contribution in [-0.2, 0) is 9.53 Å². The molecule has 0 unspecified atom stereocenters. The molecule has 0 aromatic rings. The molecule has 5 rings (SSSR count). The minimum absolute atomic E-state index is 0.0107. The highest BCUT2D eigenvalue weighted by molar-refractivity contribution is 5.66. The molecule has 4 fully saturated rings. The summed E-state index contributed by atoms with van der Waals surface area (Å²) in [6.07, 6.45) is 13.4. The van der Waals surface area contributed by atoms with Gasteiger partial charge in [0, 0.05) is 24.4 Å². The van der Waals surface area contributed by atoms with Crippen molar-refractivity contribution in [2.24, 2.45) is 56.7 Å². The van der Waals surface area contributed by atoms with Crippen LogP contribution in [0, 0.1) is 56.7 Å². The molecule has 0 aromatic carbocycles. The maximum atomic E-state index is 11.9. The Morgan fingerprint density at radius 1 is 0.971 bits per heavy atom. The summed E-state index contributed by atoms with van der Waals surface area (Å²) in [5.41, 5.74) is 2.62. The smallest absolute Gasteiger partial charge is 0.302 e. The van der Waals surface area contributed by atoms with Crippen LogP contribution in [0.2, 0.25) is 0 Å². The maximum Gasteiger partial charge on any atom is 0.302 e. The second kappa shape index (κ2) is 8.08. The summed E-state index contributed by atoms with van der Waals surface area (Å²) < 4.78 is 5.90. The van der Waals surface area contributed by atoms with E-state index in [9.17, 15) is 9.90 Å². The van der Waals surface area contributed by atoms with Crippen molar-refractivity contribution in [2.75, 3.05) is 6.61 Å². The number of rotatable bonds is 2. The summed E-state index contributed by atoms with van der Waals surface area (Å²) in [6, 6.07) is 0. The van der Waals surface area contributed by atoms with Gasteiger partial charge in [0.25, 0.3) is 0 Å². The Morgan fingerprint density at radius 2 is 1.69 bits per heavy atom. The van der Waals surface area contributed by atoms with Crippen molar-refractivity contribution in [1.82, 2.24) is 0 Å². The molecule has 0 amide bonds.